The second kappa shape index (κ2) is 8.44. The van der Waals surface area contributed by atoms with Crippen LogP contribution in [-0.2, 0) is 0 Å². The molecule has 0 bridgehead atoms. The van der Waals surface area contributed by atoms with Gasteiger partial charge < -0.3 is 15.2 Å². The van der Waals surface area contributed by atoms with Crippen molar-refractivity contribution in [2.45, 2.75) is 0 Å². The van der Waals surface area contributed by atoms with E-state index in [1.54, 1.807) is 12.1 Å². The number of rotatable bonds is 6. The highest BCUT2D eigenvalue weighted by molar-refractivity contribution is 6.07. The van der Waals surface area contributed by atoms with Gasteiger partial charge in [-0.15, -0.1) is 0 Å². The predicted octanol–water partition coefficient (Wildman–Crippen LogP) is 3.79. The van der Waals surface area contributed by atoms with Crippen molar-refractivity contribution in [3.8, 4) is 5.69 Å². The van der Waals surface area contributed by atoms with Crippen LogP contribution in [0.3, 0.4) is 0 Å². The minimum atomic E-state index is -0.163. The van der Waals surface area contributed by atoms with Crippen LogP contribution in [-0.4, -0.2) is 29.5 Å². The molecule has 4 aromatic rings. The molecule has 5 heteroatoms. The number of nitrogens with zero attached hydrogens (tertiary/aromatic N) is 1. The summed E-state index contributed by atoms with van der Waals surface area (Å²) in [7, 11) is 0. The normalized spacial score (nSPS) is 10.6. The van der Waals surface area contributed by atoms with Gasteiger partial charge in [0.1, 0.15) is 0 Å². The zero-order valence-electron chi connectivity index (χ0n) is 15.8. The molecule has 3 aromatic carbocycles. The van der Waals surface area contributed by atoms with E-state index in [-0.39, 0.29) is 11.8 Å². The number of aromatic nitrogens is 1. The number of nitrogens with one attached hydrogen (secondary N) is 2. The maximum absolute atomic E-state index is 12.5. The van der Waals surface area contributed by atoms with Crippen LogP contribution >= 0.6 is 0 Å². The Balaban J connectivity index is 1.30. The van der Waals surface area contributed by atoms with Gasteiger partial charge in [-0.3, -0.25) is 9.59 Å². The number of hydrogen-bond acceptors (Lipinski definition) is 2. The van der Waals surface area contributed by atoms with Crippen molar-refractivity contribution in [3.63, 3.8) is 0 Å². The molecule has 2 amide bonds. The summed E-state index contributed by atoms with van der Waals surface area (Å²) in [5.74, 6) is -0.310. The van der Waals surface area contributed by atoms with E-state index in [1.165, 1.54) is 0 Å². The number of carbonyl (C=O) groups is 2. The molecule has 0 aliphatic rings. The van der Waals surface area contributed by atoms with E-state index in [9.17, 15) is 9.59 Å². The zero-order chi connectivity index (χ0) is 20.1. The van der Waals surface area contributed by atoms with Crippen LogP contribution in [0.4, 0.5) is 0 Å². The Labute approximate surface area is 169 Å². The van der Waals surface area contributed by atoms with Crippen LogP contribution in [0.1, 0.15) is 20.7 Å². The molecule has 5 nitrogen and oxygen atoms in total. The predicted molar refractivity (Wildman–Crippen MR) is 114 cm³/mol. The van der Waals surface area contributed by atoms with E-state index in [0.29, 0.717) is 24.2 Å². The van der Waals surface area contributed by atoms with Gasteiger partial charge in [0.2, 0.25) is 0 Å². The third-order valence-corrected chi connectivity index (χ3v) is 4.76. The Bertz CT molecular complexity index is 1130. The highest BCUT2D eigenvalue weighted by Crippen LogP contribution is 2.18. The number of carbonyl (C=O) groups excluding carboxylic acids is 2. The first-order chi connectivity index (χ1) is 14.2. The summed E-state index contributed by atoms with van der Waals surface area (Å²) in [6, 6.07) is 24.7. The van der Waals surface area contributed by atoms with E-state index in [4.69, 9.17) is 0 Å². The fourth-order valence-electron chi connectivity index (χ4n) is 3.26. The number of benzene rings is 3. The molecule has 0 fully saturated rings. The molecule has 0 spiro atoms. The van der Waals surface area contributed by atoms with Crippen molar-refractivity contribution < 1.29 is 9.59 Å². The first kappa shape index (κ1) is 18.5. The van der Waals surface area contributed by atoms with E-state index in [0.717, 1.165) is 16.5 Å². The van der Waals surface area contributed by atoms with Gasteiger partial charge in [-0.05, 0) is 53.2 Å². The maximum atomic E-state index is 12.5. The lowest BCUT2D eigenvalue weighted by molar-refractivity contribution is 0.0928. The van der Waals surface area contributed by atoms with Gasteiger partial charge in [-0.1, -0.05) is 36.4 Å². The summed E-state index contributed by atoms with van der Waals surface area (Å²) in [5.41, 5.74) is 2.21. The molecule has 1 aromatic heterocycles. The molecule has 1 heterocycles. The summed E-state index contributed by atoms with van der Waals surface area (Å²) in [5, 5.41) is 7.65. The third-order valence-electron chi connectivity index (χ3n) is 4.76. The lowest BCUT2D eigenvalue weighted by Crippen LogP contribution is -2.34. The smallest absolute Gasteiger partial charge is 0.251 e. The van der Waals surface area contributed by atoms with Crippen molar-refractivity contribution in [2.24, 2.45) is 0 Å². The van der Waals surface area contributed by atoms with Crippen LogP contribution < -0.4 is 10.6 Å². The standard InChI is InChI=1S/C24H21N3O2/c28-23(19-10-12-20(13-11-19)27-16-3-4-17-27)25-14-15-26-24(29)22-9-5-7-18-6-1-2-8-21(18)22/h1-13,16-17H,14-15H2,(H,25,28)(H,26,29). The van der Waals surface area contributed by atoms with Crippen molar-refractivity contribution >= 4 is 22.6 Å². The van der Waals surface area contributed by atoms with Gasteiger partial charge in [0.15, 0.2) is 0 Å². The molecular weight excluding hydrogens is 362 g/mol. The molecule has 29 heavy (non-hydrogen) atoms. The number of fused-ring (bicyclic) bond motifs is 1. The summed E-state index contributed by atoms with van der Waals surface area (Å²) >= 11 is 0. The second-order valence-corrected chi connectivity index (χ2v) is 6.68. The highest BCUT2D eigenvalue weighted by atomic mass is 16.2. The average molecular weight is 383 g/mol. The Morgan fingerprint density at radius 2 is 1.34 bits per heavy atom. The van der Waals surface area contributed by atoms with E-state index in [2.05, 4.69) is 10.6 Å². The molecule has 144 valence electrons. The van der Waals surface area contributed by atoms with Crippen molar-refractivity contribution in [3.05, 3.63) is 102 Å². The summed E-state index contributed by atoms with van der Waals surface area (Å²) in [6.45, 7) is 0.712. The lowest BCUT2D eigenvalue weighted by atomic mass is 10.0. The average Bonchev–Trinajstić information content (AvgIpc) is 3.31. The largest absolute Gasteiger partial charge is 0.350 e. The van der Waals surface area contributed by atoms with Crippen molar-refractivity contribution in [2.75, 3.05) is 13.1 Å². The molecule has 0 unspecified atom stereocenters. The number of hydrogen-bond donors (Lipinski definition) is 2. The summed E-state index contributed by atoms with van der Waals surface area (Å²) in [6.07, 6.45) is 3.90. The Kier molecular flexibility index (Phi) is 5.38. The molecule has 0 aliphatic heterocycles. The molecule has 0 radical (unpaired) electrons. The number of amides is 2. The van der Waals surface area contributed by atoms with Crippen LogP contribution in [0.25, 0.3) is 16.5 Å². The molecule has 0 saturated carbocycles. The van der Waals surface area contributed by atoms with Gasteiger partial charge in [-0.25, -0.2) is 0 Å². The van der Waals surface area contributed by atoms with Gasteiger partial charge in [0.05, 0.1) is 0 Å². The molecule has 0 saturated heterocycles. The Hall–Kier alpha value is -3.86. The fourth-order valence-corrected chi connectivity index (χ4v) is 3.26. The van der Waals surface area contributed by atoms with E-state index >= 15 is 0 Å². The molecule has 4 rings (SSSR count). The quantitative estimate of drug-likeness (QED) is 0.498. The van der Waals surface area contributed by atoms with Crippen LogP contribution in [0.2, 0.25) is 0 Å². The van der Waals surface area contributed by atoms with Gasteiger partial charge >= 0.3 is 0 Å². The minimum absolute atomic E-state index is 0.146. The van der Waals surface area contributed by atoms with Crippen LogP contribution in [0.5, 0.6) is 0 Å². The van der Waals surface area contributed by atoms with Gasteiger partial charge in [0.25, 0.3) is 11.8 Å². The highest BCUT2D eigenvalue weighted by Gasteiger charge is 2.10. The first-order valence-corrected chi connectivity index (χ1v) is 9.50. The monoisotopic (exact) mass is 383 g/mol. The lowest BCUT2D eigenvalue weighted by Gasteiger charge is -2.10. The van der Waals surface area contributed by atoms with Crippen molar-refractivity contribution in [1.29, 1.82) is 0 Å². The zero-order valence-corrected chi connectivity index (χ0v) is 15.8. The SMILES string of the molecule is O=C(NCCNC(=O)c1cccc2ccccc12)c1ccc(-n2cccc2)cc1. The van der Waals surface area contributed by atoms with E-state index < -0.39 is 0 Å². The molecule has 0 aliphatic carbocycles. The molecule has 0 atom stereocenters. The molecular formula is C24H21N3O2. The van der Waals surface area contributed by atoms with Crippen LogP contribution in [0, 0.1) is 0 Å². The Morgan fingerprint density at radius 1 is 0.690 bits per heavy atom. The topological polar surface area (TPSA) is 63.1 Å². The summed E-state index contributed by atoms with van der Waals surface area (Å²) < 4.78 is 1.98. The van der Waals surface area contributed by atoms with E-state index in [1.807, 2.05) is 83.7 Å². The minimum Gasteiger partial charge on any atom is -0.350 e. The molecule has 2 N–H and O–H groups in total. The Morgan fingerprint density at radius 3 is 2.10 bits per heavy atom. The van der Waals surface area contributed by atoms with Gasteiger partial charge in [0, 0.05) is 42.3 Å². The fraction of sp³-hybridized carbons (Fsp3) is 0.0833. The van der Waals surface area contributed by atoms with Crippen LogP contribution in [0.15, 0.2) is 91.3 Å². The first-order valence-electron chi connectivity index (χ1n) is 9.50. The second-order valence-electron chi connectivity index (χ2n) is 6.68. The summed E-state index contributed by atoms with van der Waals surface area (Å²) in [4.78, 5) is 24.8. The van der Waals surface area contributed by atoms with Crippen molar-refractivity contribution in [1.82, 2.24) is 15.2 Å². The maximum Gasteiger partial charge on any atom is 0.251 e. The van der Waals surface area contributed by atoms with Gasteiger partial charge in [-0.2, -0.15) is 0 Å². The third kappa shape index (κ3) is 4.19.